The van der Waals surface area contributed by atoms with Crippen molar-refractivity contribution in [1.82, 2.24) is 9.88 Å². The molecule has 0 spiro atoms. The van der Waals surface area contributed by atoms with Crippen molar-refractivity contribution in [1.29, 1.82) is 0 Å². The zero-order valence-corrected chi connectivity index (χ0v) is 25.0. The number of nitrogens with one attached hydrogen (secondary N) is 1. The van der Waals surface area contributed by atoms with Crippen LogP contribution in [0.5, 0.6) is 0 Å². The molecule has 1 unspecified atom stereocenters. The lowest BCUT2D eigenvalue weighted by Gasteiger charge is -2.28. The second-order valence-corrected chi connectivity index (χ2v) is 12.3. The largest absolute Gasteiger partial charge is 0.358 e. The number of aromatic nitrogens is 1. The average molecular weight is 612 g/mol. The summed E-state index contributed by atoms with van der Waals surface area (Å²) >= 11 is 3.51. The third-order valence-corrected chi connectivity index (χ3v) is 8.96. The molecule has 2 N–H and O–H groups in total. The first-order valence-electron chi connectivity index (χ1n) is 13.3. The Balaban J connectivity index is 0.000000270. The van der Waals surface area contributed by atoms with Crippen LogP contribution >= 0.6 is 15.9 Å². The maximum Gasteiger partial charge on any atom is 0.294 e. The van der Waals surface area contributed by atoms with Gasteiger partial charge in [0, 0.05) is 38.7 Å². The third-order valence-electron chi connectivity index (χ3n) is 7.40. The van der Waals surface area contributed by atoms with Crippen LogP contribution in [0.4, 0.5) is 0 Å². The van der Waals surface area contributed by atoms with Gasteiger partial charge >= 0.3 is 0 Å². The zero-order valence-electron chi connectivity index (χ0n) is 22.6. The first kappa shape index (κ1) is 29.2. The number of ketones is 1. The van der Waals surface area contributed by atoms with Crippen molar-refractivity contribution < 1.29 is 17.8 Å². The molecule has 1 heterocycles. The minimum atomic E-state index is -4.02. The summed E-state index contributed by atoms with van der Waals surface area (Å²) in [6.07, 6.45) is 3.43. The maximum atomic E-state index is 13.0. The molecule has 6 nitrogen and oxygen atoms in total. The van der Waals surface area contributed by atoms with E-state index in [0.717, 1.165) is 53.6 Å². The van der Waals surface area contributed by atoms with Crippen molar-refractivity contribution in [3.8, 4) is 0 Å². The highest BCUT2D eigenvalue weighted by Gasteiger charge is 2.24. The molecule has 5 rings (SSSR count). The van der Waals surface area contributed by atoms with Crippen molar-refractivity contribution in [3.63, 3.8) is 0 Å². The fraction of sp³-hybridized carbons (Fsp3) is 0.323. The first-order chi connectivity index (χ1) is 18.6. The number of carbonyl (C=O) groups is 1. The van der Waals surface area contributed by atoms with Crippen molar-refractivity contribution in [3.05, 3.63) is 99.2 Å². The maximum absolute atomic E-state index is 13.0. The number of halogens is 1. The third kappa shape index (κ3) is 7.06. The molecule has 4 aromatic rings. The smallest absolute Gasteiger partial charge is 0.294 e. The standard InChI is InChI=1S/C24H27BrN2O.C7H8O3S/c1-3-27(4-2)15-16-9-11-22-19(13-16)20-14-17(10-12-23(20)26-22)24(28)18-7-5-6-8-21(18)25;1-6-2-4-7(5-3-6)11(8,9)10/h5-8,10,12,14,16,26H,3-4,9,11,13,15H2,1-2H3;2-5H,1H3,(H,8,9,10). The highest BCUT2D eigenvalue weighted by atomic mass is 79.9. The SMILES string of the molecule is CCN(CC)CC1CCc2[nH]c3ccc(C(=O)c4ccccc4Br)cc3c2C1.Cc1ccc(S(=O)(=O)O)cc1. The number of nitrogens with zero attached hydrogens (tertiary/aromatic N) is 1. The van der Waals surface area contributed by atoms with Gasteiger partial charge in [0.1, 0.15) is 0 Å². The molecular weight excluding hydrogens is 576 g/mol. The van der Waals surface area contributed by atoms with Gasteiger partial charge in [0.15, 0.2) is 5.78 Å². The average Bonchev–Trinajstić information content (AvgIpc) is 3.29. The van der Waals surface area contributed by atoms with Gasteiger partial charge in [0.05, 0.1) is 4.90 Å². The Kier molecular flexibility index (Phi) is 9.43. The number of H-pyrrole nitrogens is 1. The molecule has 39 heavy (non-hydrogen) atoms. The van der Waals surface area contributed by atoms with Gasteiger partial charge in [-0.15, -0.1) is 0 Å². The molecular formula is C31H35BrN2O4S. The quantitative estimate of drug-likeness (QED) is 0.176. The van der Waals surface area contributed by atoms with E-state index < -0.39 is 10.1 Å². The molecule has 3 aromatic carbocycles. The highest BCUT2D eigenvalue weighted by Crippen LogP contribution is 2.33. The Bertz CT molecular complexity index is 1560. The second-order valence-electron chi connectivity index (χ2n) is 10.0. The number of rotatable bonds is 7. The van der Waals surface area contributed by atoms with Gasteiger partial charge in [-0.3, -0.25) is 9.35 Å². The van der Waals surface area contributed by atoms with Gasteiger partial charge in [-0.05, 0) is 93.2 Å². The Morgan fingerprint density at radius 1 is 1.05 bits per heavy atom. The minimum absolute atomic E-state index is 0.0666. The summed E-state index contributed by atoms with van der Waals surface area (Å²) in [6, 6.07) is 19.7. The van der Waals surface area contributed by atoms with E-state index in [1.807, 2.05) is 37.3 Å². The monoisotopic (exact) mass is 610 g/mol. The number of benzene rings is 3. The van der Waals surface area contributed by atoms with E-state index in [1.165, 1.54) is 35.2 Å². The number of hydrogen-bond donors (Lipinski definition) is 2. The van der Waals surface area contributed by atoms with E-state index >= 15 is 0 Å². The normalized spacial score (nSPS) is 15.1. The van der Waals surface area contributed by atoms with E-state index in [4.69, 9.17) is 4.55 Å². The van der Waals surface area contributed by atoms with E-state index in [9.17, 15) is 13.2 Å². The van der Waals surface area contributed by atoms with Crippen LogP contribution in [0.1, 0.15) is 53.0 Å². The Morgan fingerprint density at radius 3 is 2.38 bits per heavy atom. The van der Waals surface area contributed by atoms with Crippen LogP contribution in [0.2, 0.25) is 0 Å². The lowest BCUT2D eigenvalue weighted by atomic mass is 9.85. The lowest BCUT2D eigenvalue weighted by Crippen LogP contribution is -2.31. The fourth-order valence-electron chi connectivity index (χ4n) is 5.14. The molecule has 0 bridgehead atoms. The van der Waals surface area contributed by atoms with Crippen LogP contribution in [0.15, 0.2) is 76.1 Å². The molecule has 1 aromatic heterocycles. The molecule has 0 saturated carbocycles. The van der Waals surface area contributed by atoms with Crippen LogP contribution < -0.4 is 0 Å². The topological polar surface area (TPSA) is 90.5 Å². The van der Waals surface area contributed by atoms with Crippen LogP contribution in [0, 0.1) is 12.8 Å². The molecule has 0 amide bonds. The summed E-state index contributed by atoms with van der Waals surface area (Å²) in [7, 11) is -4.02. The first-order valence-corrected chi connectivity index (χ1v) is 15.5. The van der Waals surface area contributed by atoms with Crippen molar-refractivity contribution in [2.45, 2.75) is 44.9 Å². The number of fused-ring (bicyclic) bond motifs is 3. The summed E-state index contributed by atoms with van der Waals surface area (Å²) in [5.41, 5.74) is 6.35. The number of hydrogen-bond acceptors (Lipinski definition) is 4. The van der Waals surface area contributed by atoms with E-state index in [2.05, 4.69) is 51.8 Å². The Hall–Kier alpha value is -2.78. The van der Waals surface area contributed by atoms with Crippen LogP contribution in [-0.2, 0) is 23.0 Å². The summed E-state index contributed by atoms with van der Waals surface area (Å²) in [5, 5.41) is 1.22. The predicted octanol–water partition coefficient (Wildman–Crippen LogP) is 6.85. The molecule has 0 fully saturated rings. The summed E-state index contributed by atoms with van der Waals surface area (Å²) in [4.78, 5) is 19.1. The van der Waals surface area contributed by atoms with Crippen LogP contribution in [0.3, 0.4) is 0 Å². The Morgan fingerprint density at radius 2 is 1.74 bits per heavy atom. The molecule has 1 aliphatic carbocycles. The Labute approximate surface area is 239 Å². The predicted molar refractivity (Wildman–Crippen MR) is 160 cm³/mol. The van der Waals surface area contributed by atoms with Gasteiger partial charge in [0.2, 0.25) is 0 Å². The molecule has 1 atom stereocenters. The number of aryl methyl sites for hydroxylation is 2. The van der Waals surface area contributed by atoms with Gasteiger partial charge in [0.25, 0.3) is 10.1 Å². The minimum Gasteiger partial charge on any atom is -0.358 e. The van der Waals surface area contributed by atoms with Crippen LogP contribution in [0.25, 0.3) is 10.9 Å². The summed E-state index contributed by atoms with van der Waals surface area (Å²) < 4.78 is 30.4. The lowest BCUT2D eigenvalue weighted by molar-refractivity contribution is 0.103. The molecule has 1 aliphatic rings. The van der Waals surface area contributed by atoms with E-state index in [0.29, 0.717) is 11.5 Å². The zero-order chi connectivity index (χ0) is 28.2. The molecule has 0 aliphatic heterocycles. The fourth-order valence-corrected chi connectivity index (χ4v) is 6.09. The molecule has 0 saturated heterocycles. The molecule has 0 radical (unpaired) electrons. The molecule has 8 heteroatoms. The number of aromatic amines is 1. The van der Waals surface area contributed by atoms with E-state index in [-0.39, 0.29) is 10.7 Å². The van der Waals surface area contributed by atoms with Crippen molar-refractivity contribution in [2.24, 2.45) is 5.92 Å². The van der Waals surface area contributed by atoms with Crippen molar-refractivity contribution >= 4 is 42.7 Å². The van der Waals surface area contributed by atoms with Crippen molar-refractivity contribution in [2.75, 3.05) is 19.6 Å². The van der Waals surface area contributed by atoms with Gasteiger partial charge in [-0.25, -0.2) is 0 Å². The van der Waals surface area contributed by atoms with Gasteiger partial charge < -0.3 is 9.88 Å². The molecule has 206 valence electrons. The highest BCUT2D eigenvalue weighted by molar-refractivity contribution is 9.10. The summed E-state index contributed by atoms with van der Waals surface area (Å²) in [6.45, 7) is 9.70. The van der Waals surface area contributed by atoms with E-state index in [1.54, 1.807) is 12.1 Å². The van der Waals surface area contributed by atoms with Gasteiger partial charge in [-0.2, -0.15) is 8.42 Å². The van der Waals surface area contributed by atoms with Gasteiger partial charge in [-0.1, -0.05) is 59.6 Å². The number of carbonyl (C=O) groups excluding carboxylic acids is 1. The van der Waals surface area contributed by atoms with Crippen LogP contribution in [-0.4, -0.2) is 48.3 Å². The summed E-state index contributed by atoms with van der Waals surface area (Å²) in [5.74, 6) is 0.758. The second kappa shape index (κ2) is 12.6.